The number of carbonyl (C=O) groups excluding carboxylic acids is 1. The number of likely N-dealkylation sites (tertiary alicyclic amines) is 1. The molecular weight excluding hydrogens is 692 g/mol. The van der Waals surface area contributed by atoms with Gasteiger partial charge in [0.05, 0.1) is 41.8 Å². The number of anilines is 2. The number of hydrogen-bond acceptors (Lipinski definition) is 9. The van der Waals surface area contributed by atoms with Crippen molar-refractivity contribution in [1.29, 1.82) is 0 Å². The molecule has 1 amide bonds. The number of amides is 1. The summed E-state index contributed by atoms with van der Waals surface area (Å²) >= 11 is 0. The van der Waals surface area contributed by atoms with Crippen LogP contribution in [0, 0.1) is 12.5 Å². The van der Waals surface area contributed by atoms with Crippen molar-refractivity contribution in [1.82, 2.24) is 29.5 Å². The molecule has 2 fully saturated rings. The van der Waals surface area contributed by atoms with Crippen LogP contribution in [0.1, 0.15) is 23.2 Å². The normalized spacial score (nSPS) is 19.9. The van der Waals surface area contributed by atoms with Gasteiger partial charge in [0.1, 0.15) is 18.6 Å². The summed E-state index contributed by atoms with van der Waals surface area (Å²) in [6.45, 7) is 22.7. The number of aromatic nitrogens is 4. The Balaban J connectivity index is 1.34. The van der Waals surface area contributed by atoms with Gasteiger partial charge in [-0.1, -0.05) is 26.2 Å². The van der Waals surface area contributed by atoms with Crippen LogP contribution in [0.3, 0.4) is 0 Å². The molecule has 0 radical (unpaired) electrons. The number of rotatable bonds is 12. The van der Waals surface area contributed by atoms with Crippen molar-refractivity contribution in [2.24, 2.45) is 5.92 Å². The van der Waals surface area contributed by atoms with E-state index in [0.717, 1.165) is 37.2 Å². The van der Waals surface area contributed by atoms with Gasteiger partial charge in [0, 0.05) is 64.3 Å². The second kappa shape index (κ2) is 15.4. The second-order valence-corrected chi connectivity index (χ2v) is 20.8. The zero-order chi connectivity index (χ0) is 37.2. The Kier molecular flexibility index (Phi) is 11.1. The molecule has 6 rings (SSSR count). The SMILES string of the molecule is [C-]#[N+]CC1CN(c2nc(OC[C@@H]3CCN(C)C3)nc3c2CCN(c2c(C(F)(F)F)ccc4c2cnn4COCC[Si](C)(C)C)C3)CCN1C(=O)C=C. The molecule has 52 heavy (non-hydrogen) atoms. The van der Waals surface area contributed by atoms with Crippen LogP contribution in [-0.4, -0.2) is 116 Å². The number of ether oxygens (including phenoxy) is 2. The highest BCUT2D eigenvalue weighted by Gasteiger charge is 2.39. The summed E-state index contributed by atoms with van der Waals surface area (Å²) < 4.78 is 57.8. The maximum absolute atomic E-state index is 14.7. The quantitative estimate of drug-likeness (QED) is 0.108. The smallest absolute Gasteiger partial charge is 0.418 e. The highest BCUT2D eigenvalue weighted by Crippen LogP contribution is 2.43. The summed E-state index contributed by atoms with van der Waals surface area (Å²) in [6.07, 6.45) is -0.460. The Morgan fingerprint density at radius 2 is 1.94 bits per heavy atom. The van der Waals surface area contributed by atoms with Gasteiger partial charge >= 0.3 is 12.2 Å². The fourth-order valence-corrected chi connectivity index (χ4v) is 8.07. The van der Waals surface area contributed by atoms with E-state index in [1.165, 1.54) is 18.3 Å². The molecule has 2 saturated heterocycles. The number of nitrogens with zero attached hydrogens (tertiary/aromatic N) is 9. The number of hydrogen-bond donors (Lipinski definition) is 0. The molecule has 2 atom stereocenters. The fourth-order valence-electron chi connectivity index (χ4n) is 7.32. The first-order valence-electron chi connectivity index (χ1n) is 17.9. The highest BCUT2D eigenvalue weighted by atomic mass is 28.3. The van der Waals surface area contributed by atoms with Crippen LogP contribution in [0.5, 0.6) is 6.01 Å². The van der Waals surface area contributed by atoms with E-state index < -0.39 is 19.8 Å². The number of fused-ring (bicyclic) bond motifs is 2. The van der Waals surface area contributed by atoms with Crippen molar-refractivity contribution in [3.8, 4) is 6.01 Å². The average Bonchev–Trinajstić information content (AvgIpc) is 3.72. The first kappa shape index (κ1) is 37.6. The molecule has 1 aromatic carbocycles. The molecule has 2 aromatic heterocycles. The summed E-state index contributed by atoms with van der Waals surface area (Å²) in [5.74, 6) is 0.723. The topological polar surface area (TPSA) is 96.4 Å². The van der Waals surface area contributed by atoms with Crippen LogP contribution >= 0.6 is 0 Å². The van der Waals surface area contributed by atoms with Crippen LogP contribution < -0.4 is 14.5 Å². The van der Waals surface area contributed by atoms with E-state index in [-0.39, 0.29) is 43.5 Å². The maximum atomic E-state index is 14.7. The van der Waals surface area contributed by atoms with E-state index in [2.05, 4.69) is 53.0 Å². The number of carbonyl (C=O) groups is 1. The van der Waals surface area contributed by atoms with Crippen LogP contribution in [0.4, 0.5) is 24.7 Å². The fraction of sp³-hybridized carbons (Fsp3) is 0.583. The predicted octanol–water partition coefficient (Wildman–Crippen LogP) is 5.17. The van der Waals surface area contributed by atoms with Gasteiger partial charge in [-0.05, 0) is 50.7 Å². The standard InChI is InChI=1S/C36H48F3N9O3Si/c1-7-32(49)47-15-14-46(21-26(47)18-40-2)34-27-11-13-45(22-30(27)42-35(43-34)51-23-25-10-12-44(3)20-25)33-28-19-41-48(24-50-16-17-52(4,5)6)31(28)9-8-29(33)36(37,38)39/h7-9,19,25-26H,1,10-18,20-24H2,3-6H3/t25-,26?/m1/s1. The molecule has 12 nitrogen and oxygen atoms in total. The highest BCUT2D eigenvalue weighted by molar-refractivity contribution is 6.76. The van der Waals surface area contributed by atoms with Crippen molar-refractivity contribution in [3.63, 3.8) is 0 Å². The lowest BCUT2D eigenvalue weighted by molar-refractivity contribution is -0.137. The van der Waals surface area contributed by atoms with Gasteiger partial charge in [0.15, 0.2) is 0 Å². The van der Waals surface area contributed by atoms with Gasteiger partial charge in [-0.15, -0.1) is 0 Å². The number of benzene rings is 1. The van der Waals surface area contributed by atoms with Crippen LogP contribution in [-0.2, 0) is 35.4 Å². The molecular formula is C36H48F3N9O3Si. The number of piperazine rings is 1. The molecule has 0 bridgehead atoms. The Morgan fingerprint density at radius 3 is 2.63 bits per heavy atom. The Bertz CT molecular complexity index is 1820. The Morgan fingerprint density at radius 1 is 1.13 bits per heavy atom. The summed E-state index contributed by atoms with van der Waals surface area (Å²) in [6, 6.07) is 3.38. The second-order valence-electron chi connectivity index (χ2n) is 15.2. The Labute approximate surface area is 304 Å². The first-order valence-corrected chi connectivity index (χ1v) is 21.6. The third kappa shape index (κ3) is 8.37. The van der Waals surface area contributed by atoms with Crippen LogP contribution in [0.2, 0.25) is 25.7 Å². The van der Waals surface area contributed by atoms with E-state index >= 15 is 0 Å². The average molecular weight is 740 g/mol. The van der Waals surface area contributed by atoms with Gasteiger partial charge in [-0.25, -0.2) is 11.3 Å². The summed E-state index contributed by atoms with van der Waals surface area (Å²) in [7, 11) is 0.754. The van der Waals surface area contributed by atoms with Gasteiger partial charge < -0.3 is 33.9 Å². The lowest BCUT2D eigenvalue weighted by Crippen LogP contribution is -2.56. The zero-order valence-corrected chi connectivity index (χ0v) is 31.5. The van der Waals surface area contributed by atoms with Crippen molar-refractivity contribution in [2.45, 2.75) is 64.0 Å². The summed E-state index contributed by atoms with van der Waals surface area (Å²) in [4.78, 5) is 33.6. The third-order valence-corrected chi connectivity index (χ3v) is 11.8. The largest absolute Gasteiger partial charge is 0.463 e. The van der Waals surface area contributed by atoms with Crippen LogP contribution in [0.25, 0.3) is 15.7 Å². The molecule has 5 heterocycles. The molecule has 3 aliphatic heterocycles. The number of alkyl halides is 3. The van der Waals surface area contributed by atoms with E-state index in [4.69, 9.17) is 26.0 Å². The lowest BCUT2D eigenvalue weighted by Gasteiger charge is -2.41. The minimum absolute atomic E-state index is 0.0642. The molecule has 0 aliphatic carbocycles. The lowest BCUT2D eigenvalue weighted by atomic mass is 10.0. The molecule has 0 N–H and O–H groups in total. The number of halogens is 3. The summed E-state index contributed by atoms with van der Waals surface area (Å²) in [5, 5.41) is 4.85. The van der Waals surface area contributed by atoms with Crippen molar-refractivity contribution >= 4 is 36.4 Å². The molecule has 3 aliphatic rings. The first-order chi connectivity index (χ1) is 24.8. The van der Waals surface area contributed by atoms with E-state index in [9.17, 15) is 18.0 Å². The molecule has 0 spiro atoms. The van der Waals surface area contributed by atoms with Crippen LogP contribution in [0.15, 0.2) is 31.0 Å². The summed E-state index contributed by atoms with van der Waals surface area (Å²) in [5.41, 5.74) is 1.32. The Hall–Kier alpha value is -4.20. The van der Waals surface area contributed by atoms with Crippen molar-refractivity contribution < 1.29 is 27.4 Å². The minimum atomic E-state index is -4.60. The molecule has 280 valence electrons. The molecule has 1 unspecified atom stereocenters. The third-order valence-electron chi connectivity index (χ3n) is 10.1. The molecule has 3 aromatic rings. The molecule has 0 saturated carbocycles. The van der Waals surface area contributed by atoms with Gasteiger partial charge in [0.25, 0.3) is 0 Å². The van der Waals surface area contributed by atoms with Gasteiger partial charge in [0.2, 0.25) is 12.5 Å². The minimum Gasteiger partial charge on any atom is -0.463 e. The molecule has 16 heteroatoms. The van der Waals surface area contributed by atoms with Gasteiger partial charge in [-0.3, -0.25) is 4.79 Å². The van der Waals surface area contributed by atoms with Crippen molar-refractivity contribution in [3.05, 3.63) is 59.2 Å². The van der Waals surface area contributed by atoms with Gasteiger partial charge in [-0.2, -0.15) is 28.2 Å². The predicted molar refractivity (Wildman–Crippen MR) is 196 cm³/mol. The monoisotopic (exact) mass is 739 g/mol. The zero-order valence-electron chi connectivity index (χ0n) is 30.5. The van der Waals surface area contributed by atoms with E-state index in [0.29, 0.717) is 74.1 Å². The van der Waals surface area contributed by atoms with E-state index in [1.807, 2.05) is 0 Å². The maximum Gasteiger partial charge on any atom is 0.418 e. The van der Waals surface area contributed by atoms with Crippen molar-refractivity contribution in [2.75, 3.05) is 75.9 Å². The van der Waals surface area contributed by atoms with E-state index in [1.54, 1.807) is 14.5 Å².